The molecule has 0 aromatic carbocycles. The van der Waals surface area contributed by atoms with Crippen molar-refractivity contribution in [1.82, 2.24) is 15.4 Å². The highest BCUT2D eigenvalue weighted by Crippen LogP contribution is 2.24. The van der Waals surface area contributed by atoms with Crippen molar-refractivity contribution in [2.75, 3.05) is 0 Å². The van der Waals surface area contributed by atoms with Crippen LogP contribution in [0.5, 0.6) is 0 Å². The van der Waals surface area contributed by atoms with Crippen LogP contribution in [0.25, 0.3) is 0 Å². The molecule has 2 aromatic rings. The van der Waals surface area contributed by atoms with E-state index >= 15 is 0 Å². The van der Waals surface area contributed by atoms with E-state index in [9.17, 15) is 0 Å². The Bertz CT molecular complexity index is 445. The minimum Gasteiger partial charge on any atom is -0.271 e. The van der Waals surface area contributed by atoms with Gasteiger partial charge in [-0.15, -0.1) is 11.3 Å². The van der Waals surface area contributed by atoms with Crippen molar-refractivity contribution in [2.24, 2.45) is 5.84 Å². The van der Waals surface area contributed by atoms with Crippen LogP contribution >= 0.6 is 27.3 Å². The highest BCUT2D eigenvalue weighted by molar-refractivity contribution is 9.10. The number of nitrogens with two attached hydrogens (primary N) is 1. The number of aromatic nitrogens is 2. The van der Waals surface area contributed by atoms with Gasteiger partial charge in [0, 0.05) is 39.1 Å². The molecule has 2 heterocycles. The first-order valence-electron chi connectivity index (χ1n) is 4.73. The number of thiophene rings is 1. The smallest absolute Gasteiger partial charge is 0.115 e. The molecule has 0 aliphatic heterocycles. The maximum Gasteiger partial charge on any atom is 0.115 e. The van der Waals surface area contributed by atoms with E-state index in [-0.39, 0.29) is 6.04 Å². The SMILES string of the molecule is NNC(Cc1cc(Br)cs1)c1cncnc1. The fraction of sp³-hybridized carbons (Fsp3) is 0.200. The minimum atomic E-state index is 0.0479. The fourth-order valence-electron chi connectivity index (χ4n) is 1.43. The van der Waals surface area contributed by atoms with Gasteiger partial charge in [0.05, 0.1) is 6.04 Å². The normalized spacial score (nSPS) is 12.6. The predicted octanol–water partition coefficient (Wildman–Crippen LogP) is 2.05. The molecular formula is C10H11BrN4S. The van der Waals surface area contributed by atoms with Crippen LogP contribution < -0.4 is 11.3 Å². The summed E-state index contributed by atoms with van der Waals surface area (Å²) in [6.07, 6.45) is 5.90. The highest BCUT2D eigenvalue weighted by Gasteiger charge is 2.12. The Morgan fingerprint density at radius 2 is 2.19 bits per heavy atom. The van der Waals surface area contributed by atoms with E-state index in [0.717, 1.165) is 16.5 Å². The number of hydrogen-bond donors (Lipinski definition) is 2. The summed E-state index contributed by atoms with van der Waals surface area (Å²) in [6.45, 7) is 0. The van der Waals surface area contributed by atoms with E-state index in [1.54, 1.807) is 23.7 Å². The summed E-state index contributed by atoms with van der Waals surface area (Å²) in [4.78, 5) is 9.24. The third kappa shape index (κ3) is 2.85. The molecule has 0 fully saturated rings. The lowest BCUT2D eigenvalue weighted by Crippen LogP contribution is -2.29. The van der Waals surface area contributed by atoms with Crippen LogP contribution in [0, 0.1) is 0 Å². The van der Waals surface area contributed by atoms with Crippen LogP contribution in [0.15, 0.2) is 34.6 Å². The van der Waals surface area contributed by atoms with Gasteiger partial charge in [0.25, 0.3) is 0 Å². The lowest BCUT2D eigenvalue weighted by Gasteiger charge is -2.14. The average molecular weight is 299 g/mol. The van der Waals surface area contributed by atoms with Crippen molar-refractivity contribution in [3.63, 3.8) is 0 Å². The van der Waals surface area contributed by atoms with Crippen LogP contribution in [0.2, 0.25) is 0 Å². The van der Waals surface area contributed by atoms with Crippen LogP contribution in [-0.2, 0) is 6.42 Å². The summed E-state index contributed by atoms with van der Waals surface area (Å²) < 4.78 is 1.10. The highest BCUT2D eigenvalue weighted by atomic mass is 79.9. The van der Waals surface area contributed by atoms with E-state index in [1.807, 2.05) is 0 Å². The number of rotatable bonds is 4. The number of nitrogens with one attached hydrogen (secondary N) is 1. The van der Waals surface area contributed by atoms with E-state index < -0.39 is 0 Å². The molecule has 0 saturated carbocycles. The van der Waals surface area contributed by atoms with Gasteiger partial charge in [0.2, 0.25) is 0 Å². The predicted molar refractivity (Wildman–Crippen MR) is 67.8 cm³/mol. The zero-order chi connectivity index (χ0) is 11.4. The summed E-state index contributed by atoms with van der Waals surface area (Å²) in [7, 11) is 0. The maximum absolute atomic E-state index is 5.55. The van der Waals surface area contributed by atoms with Crippen molar-refractivity contribution in [3.05, 3.63) is 45.1 Å². The van der Waals surface area contributed by atoms with Gasteiger partial charge < -0.3 is 0 Å². The molecule has 4 nitrogen and oxygen atoms in total. The van der Waals surface area contributed by atoms with Crippen LogP contribution in [0.4, 0.5) is 0 Å². The van der Waals surface area contributed by atoms with E-state index in [0.29, 0.717) is 0 Å². The second-order valence-corrected chi connectivity index (χ2v) is 5.24. The van der Waals surface area contributed by atoms with Crippen molar-refractivity contribution in [1.29, 1.82) is 0 Å². The molecule has 3 N–H and O–H groups in total. The van der Waals surface area contributed by atoms with Crippen LogP contribution in [0.3, 0.4) is 0 Å². The summed E-state index contributed by atoms with van der Waals surface area (Å²) in [5.74, 6) is 5.55. The molecule has 6 heteroatoms. The second-order valence-electron chi connectivity index (χ2n) is 3.33. The zero-order valence-corrected chi connectivity index (χ0v) is 10.8. The monoisotopic (exact) mass is 298 g/mol. The summed E-state index contributed by atoms with van der Waals surface area (Å²) >= 11 is 5.14. The molecule has 0 aliphatic rings. The minimum absolute atomic E-state index is 0.0479. The van der Waals surface area contributed by atoms with Gasteiger partial charge in [-0.3, -0.25) is 11.3 Å². The fourth-order valence-corrected chi connectivity index (χ4v) is 2.92. The molecule has 0 spiro atoms. The summed E-state index contributed by atoms with van der Waals surface area (Å²) in [5.41, 5.74) is 3.78. The Hall–Kier alpha value is -0.820. The maximum atomic E-state index is 5.55. The third-order valence-corrected chi connectivity index (χ3v) is 3.93. The molecule has 16 heavy (non-hydrogen) atoms. The number of hydrogen-bond acceptors (Lipinski definition) is 5. The lowest BCUT2D eigenvalue weighted by atomic mass is 10.1. The Balaban J connectivity index is 2.12. The molecule has 0 bridgehead atoms. The summed E-state index contributed by atoms with van der Waals surface area (Å²) in [6, 6.07) is 2.14. The van der Waals surface area contributed by atoms with Gasteiger partial charge in [-0.2, -0.15) is 0 Å². The van der Waals surface area contributed by atoms with Gasteiger partial charge in [-0.05, 0) is 22.0 Å². The van der Waals surface area contributed by atoms with Crippen LogP contribution in [0.1, 0.15) is 16.5 Å². The van der Waals surface area contributed by atoms with Gasteiger partial charge in [-0.1, -0.05) is 0 Å². The molecular weight excluding hydrogens is 288 g/mol. The molecule has 1 atom stereocenters. The molecule has 2 aromatic heterocycles. The zero-order valence-electron chi connectivity index (χ0n) is 8.43. The first kappa shape index (κ1) is 11.7. The first-order valence-corrected chi connectivity index (χ1v) is 6.41. The Morgan fingerprint density at radius 3 is 2.75 bits per heavy atom. The number of nitrogens with zero attached hydrogens (tertiary/aromatic N) is 2. The molecule has 0 radical (unpaired) electrons. The molecule has 0 aliphatic carbocycles. The Labute approximate surface area is 106 Å². The van der Waals surface area contributed by atoms with Crippen LogP contribution in [-0.4, -0.2) is 9.97 Å². The number of halogens is 1. The van der Waals surface area contributed by atoms with E-state index in [1.165, 1.54) is 11.2 Å². The van der Waals surface area contributed by atoms with Gasteiger partial charge in [0.1, 0.15) is 6.33 Å². The average Bonchev–Trinajstić information content (AvgIpc) is 2.73. The Morgan fingerprint density at radius 1 is 1.44 bits per heavy atom. The van der Waals surface area contributed by atoms with Gasteiger partial charge in [0.15, 0.2) is 0 Å². The summed E-state index contributed by atoms with van der Waals surface area (Å²) in [5, 5.41) is 2.06. The van der Waals surface area contributed by atoms with E-state index in [2.05, 4.69) is 42.8 Å². The Kier molecular flexibility index (Phi) is 4.00. The second kappa shape index (κ2) is 5.49. The van der Waals surface area contributed by atoms with Crippen molar-refractivity contribution < 1.29 is 0 Å². The van der Waals surface area contributed by atoms with Gasteiger partial charge in [-0.25, -0.2) is 9.97 Å². The quantitative estimate of drug-likeness (QED) is 0.670. The topological polar surface area (TPSA) is 63.8 Å². The molecule has 0 saturated heterocycles. The molecule has 1 unspecified atom stereocenters. The standard InChI is InChI=1S/C10H11BrN4S/c11-8-1-9(16-5-8)2-10(15-12)7-3-13-6-14-4-7/h1,3-6,10,15H,2,12H2. The third-order valence-electron chi connectivity index (χ3n) is 2.21. The molecule has 2 rings (SSSR count). The first-order chi connectivity index (χ1) is 7.79. The van der Waals surface area contributed by atoms with Crippen molar-refractivity contribution in [2.45, 2.75) is 12.5 Å². The van der Waals surface area contributed by atoms with Crippen molar-refractivity contribution >= 4 is 27.3 Å². The van der Waals surface area contributed by atoms with Crippen molar-refractivity contribution in [3.8, 4) is 0 Å². The largest absolute Gasteiger partial charge is 0.271 e. The van der Waals surface area contributed by atoms with E-state index in [4.69, 9.17) is 5.84 Å². The number of hydrazine groups is 1. The van der Waals surface area contributed by atoms with Gasteiger partial charge >= 0.3 is 0 Å². The lowest BCUT2D eigenvalue weighted by molar-refractivity contribution is 0.551. The molecule has 84 valence electrons. The molecule has 0 amide bonds.